The van der Waals surface area contributed by atoms with Crippen molar-refractivity contribution in [2.75, 3.05) is 5.32 Å². The number of para-hydroxylation sites is 2. The third-order valence-corrected chi connectivity index (χ3v) is 5.45. The number of rotatable bonds is 7. The number of ether oxygens (including phenoxy) is 2. The number of fused-ring (bicyclic) bond motifs is 1. The zero-order valence-electron chi connectivity index (χ0n) is 19.2. The van der Waals surface area contributed by atoms with Crippen LogP contribution in [-0.2, 0) is 22.7 Å². The quantitative estimate of drug-likeness (QED) is 0.397. The average molecular weight is 490 g/mol. The van der Waals surface area contributed by atoms with Gasteiger partial charge in [0, 0.05) is 5.69 Å². The van der Waals surface area contributed by atoms with Crippen LogP contribution in [0.1, 0.15) is 12.7 Å². The molecular formula is C24H22N6O6. The summed E-state index contributed by atoms with van der Waals surface area (Å²) in [6.07, 6.45) is 0.191. The Morgan fingerprint density at radius 2 is 1.72 bits per heavy atom. The molecule has 5 rings (SSSR count). The normalized spacial score (nSPS) is 16.4. The van der Waals surface area contributed by atoms with Gasteiger partial charge in [0.1, 0.15) is 18.4 Å². The van der Waals surface area contributed by atoms with Crippen LogP contribution in [0.3, 0.4) is 0 Å². The number of benzene rings is 2. The molecule has 0 bridgehead atoms. The van der Waals surface area contributed by atoms with Gasteiger partial charge in [-0.2, -0.15) is 9.36 Å². The molecule has 184 valence electrons. The second-order valence-corrected chi connectivity index (χ2v) is 8.03. The zero-order valence-corrected chi connectivity index (χ0v) is 19.2. The Kier molecular flexibility index (Phi) is 6.22. The summed E-state index contributed by atoms with van der Waals surface area (Å²) in [5, 5.41) is 13.0. The summed E-state index contributed by atoms with van der Waals surface area (Å²) in [7, 11) is 0. The van der Waals surface area contributed by atoms with E-state index in [1.165, 1.54) is 6.26 Å². The van der Waals surface area contributed by atoms with Crippen LogP contribution in [0.25, 0.3) is 5.69 Å². The summed E-state index contributed by atoms with van der Waals surface area (Å²) in [4.78, 5) is 37.6. The maximum absolute atomic E-state index is 12.8. The molecule has 1 aliphatic heterocycles. The van der Waals surface area contributed by atoms with Crippen LogP contribution in [-0.4, -0.2) is 43.8 Å². The predicted molar refractivity (Wildman–Crippen MR) is 126 cm³/mol. The minimum Gasteiger partial charge on any atom is -0.482 e. The van der Waals surface area contributed by atoms with Crippen LogP contribution in [0.4, 0.5) is 5.69 Å². The molecule has 2 atom stereocenters. The molecule has 0 radical (unpaired) electrons. The number of carbonyl (C=O) groups is 2. The highest BCUT2D eigenvalue weighted by atomic mass is 16.6. The lowest BCUT2D eigenvalue weighted by Gasteiger charge is -2.31. The first-order valence-electron chi connectivity index (χ1n) is 11.1. The smallest absolute Gasteiger partial charge is 0.368 e. The number of hydrogen-bond donors (Lipinski definition) is 2. The predicted octanol–water partition coefficient (Wildman–Crippen LogP) is 1.51. The van der Waals surface area contributed by atoms with E-state index in [-0.39, 0.29) is 19.0 Å². The molecule has 2 aromatic heterocycles. The molecular weight excluding hydrogens is 468 g/mol. The van der Waals surface area contributed by atoms with Gasteiger partial charge in [-0.15, -0.1) is 0 Å². The molecule has 2 N–H and O–H groups in total. The highest BCUT2D eigenvalue weighted by Gasteiger charge is 2.34. The van der Waals surface area contributed by atoms with Gasteiger partial charge in [0.25, 0.3) is 5.91 Å². The topological polar surface area (TPSA) is 143 Å². The van der Waals surface area contributed by atoms with Crippen molar-refractivity contribution in [1.82, 2.24) is 25.1 Å². The summed E-state index contributed by atoms with van der Waals surface area (Å²) in [6.45, 7) is 1.67. The zero-order chi connectivity index (χ0) is 25.1. The van der Waals surface area contributed by atoms with Gasteiger partial charge in [-0.05, 0) is 65.9 Å². The fourth-order valence-corrected chi connectivity index (χ4v) is 3.63. The molecule has 0 aliphatic carbocycles. The Labute approximate surface area is 204 Å². The second kappa shape index (κ2) is 9.78. The Hall–Kier alpha value is -4.87. The van der Waals surface area contributed by atoms with Crippen LogP contribution < -0.4 is 25.8 Å². The van der Waals surface area contributed by atoms with Gasteiger partial charge in [-0.25, -0.2) is 4.79 Å². The number of tetrazole rings is 1. The minimum atomic E-state index is -0.832. The van der Waals surface area contributed by atoms with Gasteiger partial charge in [0.15, 0.2) is 11.5 Å². The molecule has 36 heavy (non-hydrogen) atoms. The molecule has 2 aromatic carbocycles. The average Bonchev–Trinajstić information content (AvgIpc) is 3.53. The lowest BCUT2D eigenvalue weighted by Crippen LogP contribution is -2.46. The minimum absolute atomic E-state index is 0.200. The van der Waals surface area contributed by atoms with Crippen LogP contribution in [0, 0.1) is 0 Å². The third kappa shape index (κ3) is 4.82. The van der Waals surface area contributed by atoms with E-state index >= 15 is 0 Å². The van der Waals surface area contributed by atoms with Crippen LogP contribution in [0.2, 0.25) is 0 Å². The van der Waals surface area contributed by atoms with Gasteiger partial charge in [0.05, 0.1) is 18.5 Å². The number of carbonyl (C=O) groups excluding carboxylic acids is 2. The maximum Gasteiger partial charge on any atom is 0.368 e. The second-order valence-electron chi connectivity index (χ2n) is 8.03. The summed E-state index contributed by atoms with van der Waals surface area (Å²) < 4.78 is 18.8. The van der Waals surface area contributed by atoms with Gasteiger partial charge in [0.2, 0.25) is 12.0 Å². The summed E-state index contributed by atoms with van der Waals surface area (Å²) in [6, 6.07) is 17.0. The van der Waals surface area contributed by atoms with Gasteiger partial charge in [-0.3, -0.25) is 9.59 Å². The molecule has 12 heteroatoms. The fourth-order valence-electron chi connectivity index (χ4n) is 3.63. The first-order chi connectivity index (χ1) is 17.5. The maximum atomic E-state index is 12.8. The SMILES string of the molecule is C[C@@H]1Oc2ccccc2O[C@@H]1C(=O)Nc1ccc(-n2nnn(CC(=O)NCc3ccco3)c2=O)cc1. The molecule has 0 saturated carbocycles. The number of aromatic nitrogens is 4. The van der Waals surface area contributed by atoms with Crippen LogP contribution >= 0.6 is 0 Å². The highest BCUT2D eigenvalue weighted by molar-refractivity contribution is 5.95. The molecule has 0 saturated heterocycles. The molecule has 4 aromatic rings. The summed E-state index contributed by atoms with van der Waals surface area (Å²) >= 11 is 0. The number of hydrogen-bond acceptors (Lipinski definition) is 8. The number of anilines is 1. The standard InChI is InChI=1S/C24H22N6O6/c1-15-22(36-20-7-3-2-6-19(20)35-15)23(32)26-16-8-10-17(11-9-16)30-24(33)29(27-28-30)14-21(31)25-13-18-5-4-12-34-18/h2-12,15,22H,13-14H2,1H3,(H,25,31)(H,26,32)/t15-,22-/m0/s1. The van der Waals surface area contributed by atoms with E-state index in [0.29, 0.717) is 28.6 Å². The van der Waals surface area contributed by atoms with Crippen molar-refractivity contribution in [2.45, 2.75) is 32.2 Å². The van der Waals surface area contributed by atoms with E-state index < -0.39 is 23.8 Å². The van der Waals surface area contributed by atoms with Gasteiger partial charge >= 0.3 is 5.69 Å². The molecule has 0 unspecified atom stereocenters. The Morgan fingerprint density at radius 1 is 0.972 bits per heavy atom. The molecule has 1 aliphatic rings. The number of nitrogens with zero attached hydrogens (tertiary/aromatic N) is 4. The van der Waals surface area contributed by atoms with E-state index in [9.17, 15) is 14.4 Å². The third-order valence-electron chi connectivity index (χ3n) is 5.45. The summed E-state index contributed by atoms with van der Waals surface area (Å²) in [5.41, 5.74) is 0.330. The fraction of sp³-hybridized carbons (Fsp3) is 0.208. The van der Waals surface area contributed by atoms with E-state index in [0.717, 1.165) is 9.36 Å². The summed E-state index contributed by atoms with van der Waals surface area (Å²) in [5.74, 6) is 0.904. The largest absolute Gasteiger partial charge is 0.482 e. The van der Waals surface area contributed by atoms with Crippen molar-refractivity contribution in [3.63, 3.8) is 0 Å². The Bertz CT molecular complexity index is 1430. The molecule has 12 nitrogen and oxygen atoms in total. The van der Waals surface area contributed by atoms with Crippen molar-refractivity contribution >= 4 is 17.5 Å². The van der Waals surface area contributed by atoms with Crippen molar-refractivity contribution in [3.8, 4) is 17.2 Å². The van der Waals surface area contributed by atoms with Crippen molar-refractivity contribution < 1.29 is 23.5 Å². The number of amides is 2. The van der Waals surface area contributed by atoms with Gasteiger partial charge in [-0.1, -0.05) is 12.1 Å². The lowest BCUT2D eigenvalue weighted by atomic mass is 10.1. The van der Waals surface area contributed by atoms with Crippen molar-refractivity contribution in [2.24, 2.45) is 0 Å². The van der Waals surface area contributed by atoms with Crippen molar-refractivity contribution in [3.05, 3.63) is 83.2 Å². The molecule has 0 fully saturated rings. The number of furan rings is 1. The molecule has 2 amide bonds. The van der Waals surface area contributed by atoms with E-state index in [2.05, 4.69) is 21.1 Å². The highest BCUT2D eigenvalue weighted by Crippen LogP contribution is 2.33. The molecule has 3 heterocycles. The van der Waals surface area contributed by atoms with Gasteiger partial charge < -0.3 is 24.5 Å². The van der Waals surface area contributed by atoms with E-state index in [1.807, 2.05) is 6.07 Å². The van der Waals surface area contributed by atoms with Crippen LogP contribution in [0.5, 0.6) is 11.5 Å². The van der Waals surface area contributed by atoms with E-state index in [4.69, 9.17) is 13.9 Å². The Balaban J connectivity index is 1.21. The Morgan fingerprint density at radius 3 is 2.44 bits per heavy atom. The number of nitrogens with one attached hydrogen (secondary N) is 2. The first-order valence-corrected chi connectivity index (χ1v) is 11.1. The van der Waals surface area contributed by atoms with E-state index in [1.54, 1.807) is 61.5 Å². The van der Waals surface area contributed by atoms with Crippen molar-refractivity contribution in [1.29, 1.82) is 0 Å². The first kappa shape index (κ1) is 22.9. The lowest BCUT2D eigenvalue weighted by molar-refractivity contribution is -0.128. The monoisotopic (exact) mass is 490 g/mol. The molecule has 0 spiro atoms. The van der Waals surface area contributed by atoms with Crippen LogP contribution in [0.15, 0.2) is 76.1 Å².